The van der Waals surface area contributed by atoms with E-state index >= 15 is 0 Å². The number of alkyl carbamates (subject to hydrolysis) is 1. The summed E-state index contributed by atoms with van der Waals surface area (Å²) >= 11 is 0. The summed E-state index contributed by atoms with van der Waals surface area (Å²) in [7, 11) is 0. The van der Waals surface area contributed by atoms with Gasteiger partial charge in [0.1, 0.15) is 5.60 Å². The molecule has 3 amide bonds. The predicted molar refractivity (Wildman–Crippen MR) is 90.5 cm³/mol. The molecule has 0 aromatic heterocycles. The first-order chi connectivity index (χ1) is 10.8. The van der Waals surface area contributed by atoms with Crippen LogP contribution in [0.15, 0.2) is 24.3 Å². The molecule has 1 aromatic rings. The second-order valence-electron chi connectivity index (χ2n) is 6.35. The van der Waals surface area contributed by atoms with Gasteiger partial charge in [0.2, 0.25) is 0 Å². The molecule has 0 aliphatic heterocycles. The van der Waals surface area contributed by atoms with Crippen LogP contribution >= 0.6 is 0 Å². The van der Waals surface area contributed by atoms with Crippen LogP contribution in [0.25, 0.3) is 0 Å². The minimum Gasteiger partial charge on any atom is -0.444 e. The van der Waals surface area contributed by atoms with E-state index < -0.39 is 11.7 Å². The second kappa shape index (κ2) is 9.02. The van der Waals surface area contributed by atoms with Gasteiger partial charge >= 0.3 is 12.1 Å². The van der Waals surface area contributed by atoms with Gasteiger partial charge in [-0.2, -0.15) is 0 Å². The second-order valence-corrected chi connectivity index (χ2v) is 6.35. The van der Waals surface area contributed by atoms with Gasteiger partial charge in [0.05, 0.1) is 0 Å². The van der Waals surface area contributed by atoms with Crippen molar-refractivity contribution in [2.75, 3.05) is 19.6 Å². The third kappa shape index (κ3) is 9.39. The summed E-state index contributed by atoms with van der Waals surface area (Å²) in [5, 5.41) is 8.03. The fourth-order valence-corrected chi connectivity index (χ4v) is 1.79. The maximum Gasteiger partial charge on any atom is 0.407 e. The van der Waals surface area contributed by atoms with Gasteiger partial charge in [0.25, 0.3) is 0 Å². The van der Waals surface area contributed by atoms with Gasteiger partial charge in [-0.15, -0.1) is 0 Å². The molecule has 0 spiro atoms. The molecule has 0 saturated heterocycles. The minimum atomic E-state index is -0.523. The van der Waals surface area contributed by atoms with Gasteiger partial charge in [-0.25, -0.2) is 9.59 Å². The Hall–Kier alpha value is -2.24. The van der Waals surface area contributed by atoms with E-state index in [1.54, 1.807) is 20.8 Å². The van der Waals surface area contributed by atoms with Crippen molar-refractivity contribution in [1.29, 1.82) is 0 Å². The molecule has 0 bridgehead atoms. The molecular weight excluding hydrogens is 294 g/mol. The lowest BCUT2D eigenvalue weighted by Crippen LogP contribution is -2.41. The third-order valence-corrected chi connectivity index (χ3v) is 2.90. The SMILES string of the molecule is Cc1ccc(CCNC(=O)NCCNC(=O)OC(C)(C)C)cc1. The number of rotatable bonds is 6. The van der Waals surface area contributed by atoms with Crippen LogP contribution < -0.4 is 16.0 Å². The average Bonchev–Trinajstić information content (AvgIpc) is 2.44. The van der Waals surface area contributed by atoms with E-state index in [9.17, 15) is 9.59 Å². The van der Waals surface area contributed by atoms with Crippen LogP contribution in [0, 0.1) is 6.92 Å². The van der Waals surface area contributed by atoms with Gasteiger partial charge in [-0.05, 0) is 39.7 Å². The van der Waals surface area contributed by atoms with Crippen molar-refractivity contribution in [3.63, 3.8) is 0 Å². The summed E-state index contributed by atoms with van der Waals surface area (Å²) in [5.74, 6) is 0. The Morgan fingerprint density at radius 1 is 0.957 bits per heavy atom. The average molecular weight is 321 g/mol. The van der Waals surface area contributed by atoms with Gasteiger partial charge < -0.3 is 20.7 Å². The highest BCUT2D eigenvalue weighted by molar-refractivity contribution is 5.74. The number of carbonyl (C=O) groups excluding carboxylic acids is 2. The summed E-state index contributed by atoms with van der Waals surface area (Å²) in [6.45, 7) is 8.66. The monoisotopic (exact) mass is 321 g/mol. The number of nitrogens with one attached hydrogen (secondary N) is 3. The van der Waals surface area contributed by atoms with Gasteiger partial charge in [0, 0.05) is 19.6 Å². The number of benzene rings is 1. The van der Waals surface area contributed by atoms with Crippen molar-refractivity contribution >= 4 is 12.1 Å². The number of hydrogen-bond donors (Lipinski definition) is 3. The molecule has 6 heteroatoms. The highest BCUT2D eigenvalue weighted by Crippen LogP contribution is 2.06. The van der Waals surface area contributed by atoms with E-state index in [4.69, 9.17) is 4.74 Å². The highest BCUT2D eigenvalue weighted by Gasteiger charge is 2.15. The molecule has 0 radical (unpaired) electrons. The van der Waals surface area contributed by atoms with Crippen molar-refractivity contribution in [3.05, 3.63) is 35.4 Å². The smallest absolute Gasteiger partial charge is 0.407 e. The van der Waals surface area contributed by atoms with E-state index in [1.165, 1.54) is 11.1 Å². The molecule has 0 unspecified atom stereocenters. The van der Waals surface area contributed by atoms with Gasteiger partial charge in [-0.1, -0.05) is 29.8 Å². The molecule has 0 aliphatic rings. The van der Waals surface area contributed by atoms with Crippen molar-refractivity contribution in [1.82, 2.24) is 16.0 Å². The molecule has 1 aromatic carbocycles. The van der Waals surface area contributed by atoms with Crippen LogP contribution in [0.3, 0.4) is 0 Å². The van der Waals surface area contributed by atoms with Gasteiger partial charge in [-0.3, -0.25) is 0 Å². The third-order valence-electron chi connectivity index (χ3n) is 2.90. The van der Waals surface area contributed by atoms with Crippen LogP contribution in [0.1, 0.15) is 31.9 Å². The molecule has 23 heavy (non-hydrogen) atoms. The minimum absolute atomic E-state index is 0.247. The molecule has 128 valence electrons. The molecule has 6 nitrogen and oxygen atoms in total. The maximum atomic E-state index is 11.6. The van der Waals surface area contributed by atoms with Crippen molar-refractivity contribution in [2.45, 2.75) is 39.7 Å². The summed E-state index contributed by atoms with van der Waals surface area (Å²) in [5.41, 5.74) is 1.88. The lowest BCUT2D eigenvalue weighted by atomic mass is 10.1. The van der Waals surface area contributed by atoms with Crippen LogP contribution in [0.2, 0.25) is 0 Å². The van der Waals surface area contributed by atoms with E-state index in [-0.39, 0.29) is 6.03 Å². The Bertz CT molecular complexity index is 507. The number of hydrogen-bond acceptors (Lipinski definition) is 3. The Morgan fingerprint density at radius 2 is 1.52 bits per heavy atom. The topological polar surface area (TPSA) is 79.5 Å². The summed E-state index contributed by atoms with van der Waals surface area (Å²) in [6, 6.07) is 7.97. The van der Waals surface area contributed by atoms with Crippen LogP contribution in [0.5, 0.6) is 0 Å². The summed E-state index contributed by atoms with van der Waals surface area (Å²) < 4.78 is 5.09. The fourth-order valence-electron chi connectivity index (χ4n) is 1.79. The van der Waals surface area contributed by atoms with E-state index in [1.807, 2.05) is 6.92 Å². The maximum absolute atomic E-state index is 11.6. The zero-order valence-corrected chi connectivity index (χ0v) is 14.4. The standard InChI is InChI=1S/C17H27N3O3/c1-13-5-7-14(8-6-13)9-10-18-15(21)19-11-12-20-16(22)23-17(2,3)4/h5-8H,9-12H2,1-4H3,(H,20,22)(H2,18,19,21). The Kier molecular flexibility index (Phi) is 7.38. The Morgan fingerprint density at radius 3 is 2.13 bits per heavy atom. The zero-order chi connectivity index (χ0) is 17.3. The highest BCUT2D eigenvalue weighted by atomic mass is 16.6. The summed E-state index contributed by atoms with van der Waals surface area (Å²) in [6.07, 6.45) is 0.295. The lowest BCUT2D eigenvalue weighted by Gasteiger charge is -2.19. The molecule has 0 heterocycles. The molecule has 0 aliphatic carbocycles. The molecule has 0 atom stereocenters. The fraction of sp³-hybridized carbons (Fsp3) is 0.529. The Labute approximate surface area is 138 Å². The van der Waals surface area contributed by atoms with Crippen molar-refractivity contribution in [2.24, 2.45) is 0 Å². The number of urea groups is 1. The summed E-state index contributed by atoms with van der Waals surface area (Å²) in [4.78, 5) is 23.0. The van der Waals surface area contributed by atoms with E-state index in [0.29, 0.717) is 19.6 Å². The van der Waals surface area contributed by atoms with Gasteiger partial charge in [0.15, 0.2) is 0 Å². The first-order valence-electron chi connectivity index (χ1n) is 7.80. The predicted octanol–water partition coefficient (Wildman–Crippen LogP) is 2.36. The normalized spacial score (nSPS) is 10.8. The van der Waals surface area contributed by atoms with Crippen LogP contribution in [-0.2, 0) is 11.2 Å². The van der Waals surface area contributed by atoms with Crippen molar-refractivity contribution in [3.8, 4) is 0 Å². The molecular formula is C17H27N3O3. The van der Waals surface area contributed by atoms with Crippen LogP contribution in [0.4, 0.5) is 9.59 Å². The number of ether oxygens (including phenoxy) is 1. The molecule has 3 N–H and O–H groups in total. The van der Waals surface area contributed by atoms with E-state index in [2.05, 4.69) is 40.2 Å². The Balaban J connectivity index is 2.08. The first-order valence-corrected chi connectivity index (χ1v) is 7.80. The van der Waals surface area contributed by atoms with E-state index in [0.717, 1.165) is 6.42 Å². The largest absolute Gasteiger partial charge is 0.444 e. The lowest BCUT2D eigenvalue weighted by molar-refractivity contribution is 0.0528. The van der Waals surface area contributed by atoms with Crippen LogP contribution in [-0.4, -0.2) is 37.4 Å². The van der Waals surface area contributed by atoms with Crippen molar-refractivity contribution < 1.29 is 14.3 Å². The number of carbonyl (C=O) groups is 2. The zero-order valence-electron chi connectivity index (χ0n) is 14.4. The molecule has 0 fully saturated rings. The quantitative estimate of drug-likeness (QED) is 0.704. The number of aryl methyl sites for hydroxylation is 1. The number of amides is 3. The molecule has 1 rings (SSSR count). The first kappa shape index (κ1) is 18.8. The molecule has 0 saturated carbocycles.